The fourth-order valence-electron chi connectivity index (χ4n) is 2.30. The quantitative estimate of drug-likeness (QED) is 0.905. The van der Waals surface area contributed by atoms with Gasteiger partial charge in [0.15, 0.2) is 5.13 Å². The molecule has 110 valence electrons. The first kappa shape index (κ1) is 14.3. The van der Waals surface area contributed by atoms with Gasteiger partial charge in [-0.2, -0.15) is 0 Å². The predicted molar refractivity (Wildman–Crippen MR) is 85.5 cm³/mol. The van der Waals surface area contributed by atoms with Gasteiger partial charge in [-0.05, 0) is 32.3 Å². The number of anilines is 2. The maximum absolute atomic E-state index is 12.3. The van der Waals surface area contributed by atoms with Gasteiger partial charge in [-0.3, -0.25) is 10.1 Å². The molecular formula is C14H15ClN4OS. The zero-order valence-electron chi connectivity index (χ0n) is 11.6. The third-order valence-electron chi connectivity index (χ3n) is 3.27. The summed E-state index contributed by atoms with van der Waals surface area (Å²) in [6.45, 7) is 2.70. The number of thiazole rings is 1. The standard InChI is InChI=1S/C14H15ClN4OS/c1-2-16-12-6-8(9(15)7-17-12)13(20)19-14-18-10-4-3-5-11(10)21-14/h6-7H,2-5H2,1H3,(H,16,17)(H,18,19,20). The molecule has 3 rings (SSSR count). The Kier molecular flexibility index (Phi) is 4.07. The van der Waals surface area contributed by atoms with Gasteiger partial charge >= 0.3 is 0 Å². The van der Waals surface area contributed by atoms with E-state index in [0.717, 1.165) is 31.5 Å². The molecule has 2 heterocycles. The van der Waals surface area contributed by atoms with E-state index in [1.54, 1.807) is 17.4 Å². The maximum Gasteiger partial charge on any atom is 0.259 e. The number of halogens is 1. The van der Waals surface area contributed by atoms with Crippen LogP contribution >= 0.6 is 22.9 Å². The van der Waals surface area contributed by atoms with Crippen molar-refractivity contribution in [3.63, 3.8) is 0 Å². The summed E-state index contributed by atoms with van der Waals surface area (Å²) in [6.07, 6.45) is 4.70. The molecule has 2 aromatic heterocycles. The molecule has 0 spiro atoms. The number of rotatable bonds is 4. The van der Waals surface area contributed by atoms with Crippen molar-refractivity contribution in [2.45, 2.75) is 26.2 Å². The van der Waals surface area contributed by atoms with E-state index < -0.39 is 0 Å². The molecular weight excluding hydrogens is 308 g/mol. The van der Waals surface area contributed by atoms with Gasteiger partial charge < -0.3 is 5.32 Å². The smallest absolute Gasteiger partial charge is 0.259 e. The van der Waals surface area contributed by atoms with Gasteiger partial charge in [0.25, 0.3) is 5.91 Å². The van der Waals surface area contributed by atoms with Crippen LogP contribution in [-0.2, 0) is 12.8 Å². The topological polar surface area (TPSA) is 66.9 Å². The van der Waals surface area contributed by atoms with E-state index in [0.29, 0.717) is 21.5 Å². The second-order valence-corrected chi connectivity index (χ2v) is 6.27. The second kappa shape index (κ2) is 5.99. The molecule has 0 aromatic carbocycles. The Morgan fingerprint density at radius 1 is 1.48 bits per heavy atom. The summed E-state index contributed by atoms with van der Waals surface area (Å²) in [4.78, 5) is 22.2. The average molecular weight is 323 g/mol. The molecule has 0 saturated heterocycles. The van der Waals surface area contributed by atoms with Crippen LogP contribution in [0, 0.1) is 0 Å². The van der Waals surface area contributed by atoms with Crippen LogP contribution in [0.25, 0.3) is 0 Å². The summed E-state index contributed by atoms with van der Waals surface area (Å²) in [5.74, 6) is 0.377. The van der Waals surface area contributed by atoms with Gasteiger partial charge in [0.1, 0.15) is 5.82 Å². The van der Waals surface area contributed by atoms with Gasteiger partial charge in [-0.15, -0.1) is 11.3 Å². The minimum absolute atomic E-state index is 0.256. The molecule has 2 N–H and O–H groups in total. The number of hydrogen-bond acceptors (Lipinski definition) is 5. The minimum atomic E-state index is -0.256. The zero-order valence-corrected chi connectivity index (χ0v) is 13.1. The average Bonchev–Trinajstić information content (AvgIpc) is 3.02. The number of aromatic nitrogens is 2. The monoisotopic (exact) mass is 322 g/mol. The van der Waals surface area contributed by atoms with Gasteiger partial charge in [0.05, 0.1) is 16.3 Å². The Morgan fingerprint density at radius 3 is 3.10 bits per heavy atom. The number of aryl methyl sites for hydroxylation is 2. The molecule has 0 atom stereocenters. The lowest BCUT2D eigenvalue weighted by Crippen LogP contribution is -2.13. The van der Waals surface area contributed by atoms with Crippen molar-refractivity contribution in [3.05, 3.63) is 33.4 Å². The second-order valence-electron chi connectivity index (χ2n) is 4.78. The maximum atomic E-state index is 12.3. The van der Waals surface area contributed by atoms with Gasteiger partial charge in [-0.25, -0.2) is 9.97 Å². The number of carbonyl (C=O) groups is 1. The Bertz CT molecular complexity index is 664. The number of nitrogens with zero attached hydrogens (tertiary/aromatic N) is 2. The van der Waals surface area contributed by atoms with E-state index in [1.165, 1.54) is 11.1 Å². The summed E-state index contributed by atoms with van der Waals surface area (Å²) in [5, 5.41) is 6.86. The largest absolute Gasteiger partial charge is 0.370 e. The number of hydrogen-bond donors (Lipinski definition) is 2. The van der Waals surface area contributed by atoms with E-state index in [2.05, 4.69) is 20.6 Å². The molecule has 2 aromatic rings. The molecule has 1 aliphatic rings. The number of amides is 1. The molecule has 1 amide bonds. The lowest BCUT2D eigenvalue weighted by Gasteiger charge is -2.07. The van der Waals surface area contributed by atoms with Gasteiger partial charge in [-0.1, -0.05) is 11.6 Å². The Labute approximate surface area is 131 Å². The number of carbonyl (C=O) groups excluding carboxylic acids is 1. The third kappa shape index (κ3) is 3.01. The van der Waals surface area contributed by atoms with Crippen LogP contribution in [0.3, 0.4) is 0 Å². The Balaban J connectivity index is 1.79. The van der Waals surface area contributed by atoms with Crippen molar-refractivity contribution in [1.29, 1.82) is 0 Å². The first-order valence-corrected chi connectivity index (χ1v) is 8.06. The highest BCUT2D eigenvalue weighted by atomic mass is 35.5. The molecule has 0 saturated carbocycles. The normalized spacial score (nSPS) is 13.0. The zero-order chi connectivity index (χ0) is 14.8. The fourth-order valence-corrected chi connectivity index (χ4v) is 3.53. The lowest BCUT2D eigenvalue weighted by molar-refractivity contribution is 0.102. The van der Waals surface area contributed by atoms with E-state index in [4.69, 9.17) is 11.6 Å². The summed E-state index contributed by atoms with van der Waals surface area (Å²) in [5.41, 5.74) is 1.52. The SMILES string of the molecule is CCNc1cc(C(=O)Nc2nc3c(s2)CCC3)c(Cl)cn1. The molecule has 0 bridgehead atoms. The first-order chi connectivity index (χ1) is 10.2. The van der Waals surface area contributed by atoms with E-state index in [1.807, 2.05) is 6.92 Å². The van der Waals surface area contributed by atoms with Crippen molar-refractivity contribution in [2.24, 2.45) is 0 Å². The predicted octanol–water partition coefficient (Wildman–Crippen LogP) is 3.36. The van der Waals surface area contributed by atoms with Crippen molar-refractivity contribution < 1.29 is 4.79 Å². The molecule has 0 radical (unpaired) electrons. The summed E-state index contributed by atoms with van der Waals surface area (Å²) in [6, 6.07) is 1.66. The van der Waals surface area contributed by atoms with Gasteiger partial charge in [0.2, 0.25) is 0 Å². The van der Waals surface area contributed by atoms with E-state index >= 15 is 0 Å². The summed E-state index contributed by atoms with van der Waals surface area (Å²) in [7, 11) is 0. The number of nitrogens with one attached hydrogen (secondary N) is 2. The van der Waals surface area contributed by atoms with E-state index in [9.17, 15) is 4.79 Å². The van der Waals surface area contributed by atoms with E-state index in [-0.39, 0.29) is 5.91 Å². The molecule has 0 aliphatic heterocycles. The van der Waals surface area contributed by atoms with Crippen LogP contribution in [0.1, 0.15) is 34.3 Å². The third-order valence-corrected chi connectivity index (χ3v) is 4.65. The van der Waals surface area contributed by atoms with Crippen LogP contribution in [0.4, 0.5) is 10.9 Å². The summed E-state index contributed by atoms with van der Waals surface area (Å²) < 4.78 is 0. The highest BCUT2D eigenvalue weighted by Gasteiger charge is 2.19. The molecule has 0 fully saturated rings. The van der Waals surface area contributed by atoms with Crippen molar-refractivity contribution >= 4 is 39.8 Å². The van der Waals surface area contributed by atoms with Crippen molar-refractivity contribution in [1.82, 2.24) is 9.97 Å². The highest BCUT2D eigenvalue weighted by Crippen LogP contribution is 2.31. The van der Waals surface area contributed by atoms with Crippen LogP contribution in [0.2, 0.25) is 5.02 Å². The summed E-state index contributed by atoms with van der Waals surface area (Å²) >= 11 is 7.61. The lowest BCUT2D eigenvalue weighted by atomic mass is 10.2. The first-order valence-electron chi connectivity index (χ1n) is 6.86. The Morgan fingerprint density at radius 2 is 2.33 bits per heavy atom. The highest BCUT2D eigenvalue weighted by molar-refractivity contribution is 7.16. The number of fused-ring (bicyclic) bond motifs is 1. The fraction of sp³-hybridized carbons (Fsp3) is 0.357. The molecule has 7 heteroatoms. The molecule has 21 heavy (non-hydrogen) atoms. The minimum Gasteiger partial charge on any atom is -0.370 e. The van der Waals surface area contributed by atoms with Crippen LogP contribution in [0.15, 0.2) is 12.3 Å². The van der Waals surface area contributed by atoms with Crippen molar-refractivity contribution in [2.75, 3.05) is 17.2 Å². The molecule has 5 nitrogen and oxygen atoms in total. The Hall–Kier alpha value is -1.66. The molecule has 1 aliphatic carbocycles. The van der Waals surface area contributed by atoms with Crippen LogP contribution in [0.5, 0.6) is 0 Å². The number of pyridine rings is 1. The van der Waals surface area contributed by atoms with Gasteiger partial charge in [0, 0.05) is 17.6 Å². The van der Waals surface area contributed by atoms with Crippen LogP contribution in [-0.4, -0.2) is 22.4 Å². The molecule has 0 unspecified atom stereocenters. The van der Waals surface area contributed by atoms with Crippen LogP contribution < -0.4 is 10.6 Å². The van der Waals surface area contributed by atoms with Crippen molar-refractivity contribution in [3.8, 4) is 0 Å².